The fraction of sp³-hybridized carbons (Fsp3) is 0.308. The third kappa shape index (κ3) is 5.47. The van der Waals surface area contributed by atoms with Crippen LogP contribution in [0.5, 0.6) is 0 Å². The van der Waals surface area contributed by atoms with Crippen LogP contribution < -0.4 is 28.3 Å². The summed E-state index contributed by atoms with van der Waals surface area (Å²) in [5.41, 5.74) is 0. The van der Waals surface area contributed by atoms with Crippen molar-refractivity contribution >= 4 is 23.2 Å². The minimum atomic E-state index is -1.61. The average molecular weight is 411 g/mol. The molecule has 0 aliphatic rings. The summed E-state index contributed by atoms with van der Waals surface area (Å²) in [6.07, 6.45) is 9.34. The number of hydrogen-bond acceptors (Lipinski definition) is 0. The van der Waals surface area contributed by atoms with Gasteiger partial charge in [0.2, 0.25) is 0 Å². The molecule has 0 aliphatic heterocycles. The van der Waals surface area contributed by atoms with Crippen molar-refractivity contribution in [2.45, 2.75) is 45.4 Å². The van der Waals surface area contributed by atoms with E-state index in [9.17, 15) is 0 Å². The second kappa shape index (κ2) is 12.1. The van der Waals surface area contributed by atoms with Gasteiger partial charge in [0.1, 0.15) is 23.2 Å². The van der Waals surface area contributed by atoms with Crippen LogP contribution in [0, 0.1) is 0 Å². The van der Waals surface area contributed by atoms with Gasteiger partial charge in [-0.25, -0.2) is 0 Å². The molecule has 3 aromatic carbocycles. The van der Waals surface area contributed by atoms with E-state index in [1.165, 1.54) is 60.6 Å². The molecule has 0 bridgehead atoms. The fourth-order valence-corrected chi connectivity index (χ4v) is 8.42. The normalized spacial score (nSPS) is 11.0. The summed E-state index contributed by atoms with van der Waals surface area (Å²) < 4.78 is 0. The Morgan fingerprint density at radius 3 is 1.25 bits per heavy atom. The van der Waals surface area contributed by atoms with Gasteiger partial charge in [0.25, 0.3) is 0 Å². The molecule has 28 heavy (non-hydrogen) atoms. The largest absolute Gasteiger partial charge is 1.00 e. The van der Waals surface area contributed by atoms with Crippen LogP contribution in [0.2, 0.25) is 0 Å². The summed E-state index contributed by atoms with van der Waals surface area (Å²) in [4.78, 5) is 0. The van der Waals surface area contributed by atoms with Crippen molar-refractivity contribution in [1.29, 1.82) is 0 Å². The molecule has 0 aromatic heterocycles. The summed E-state index contributed by atoms with van der Waals surface area (Å²) in [7, 11) is -1.61. The van der Waals surface area contributed by atoms with Gasteiger partial charge in [0.05, 0.1) is 6.16 Å². The van der Waals surface area contributed by atoms with Gasteiger partial charge in [0, 0.05) is 0 Å². The lowest BCUT2D eigenvalue weighted by atomic mass is 10.1. The molecule has 0 heterocycles. The molecule has 0 saturated carbocycles. The summed E-state index contributed by atoms with van der Waals surface area (Å²) in [5.74, 6) is 0. The van der Waals surface area contributed by atoms with Gasteiger partial charge in [-0.05, 0) is 49.2 Å². The van der Waals surface area contributed by atoms with Crippen molar-refractivity contribution in [1.82, 2.24) is 0 Å². The predicted octanol–water partition coefficient (Wildman–Crippen LogP) is 3.35. The molecule has 148 valence electrons. The lowest BCUT2D eigenvalue weighted by molar-refractivity contribution is -0.00000543. The van der Waals surface area contributed by atoms with Crippen molar-refractivity contribution in [2.75, 3.05) is 6.16 Å². The minimum Gasteiger partial charge on any atom is -1.00 e. The standard InChI is InChI=1S/C26H32P.ClH/c1-2-3-4-5-6-16-23-27(24-17-10-7-11-18-24,25-19-12-8-13-20-25)26-21-14-9-15-22-26;/h7-15,17-22H,2-6,16,23H2,1H3;1H/q+1;/p-1. The molecular weight excluding hydrogens is 379 g/mol. The first-order chi connectivity index (χ1) is 13.4. The van der Waals surface area contributed by atoms with E-state index in [4.69, 9.17) is 0 Å². The highest BCUT2D eigenvalue weighted by molar-refractivity contribution is 7.95. The highest BCUT2D eigenvalue weighted by Gasteiger charge is 2.44. The molecule has 3 rings (SSSR count). The maximum atomic E-state index is 2.35. The Bertz CT molecular complexity index is 675. The Balaban J connectivity index is 0.00000280. The molecule has 0 fully saturated rings. The van der Waals surface area contributed by atoms with E-state index in [2.05, 4.69) is 97.9 Å². The van der Waals surface area contributed by atoms with E-state index in [1.807, 2.05) is 0 Å². The first-order valence-electron chi connectivity index (χ1n) is 10.4. The summed E-state index contributed by atoms with van der Waals surface area (Å²) >= 11 is 0. The highest BCUT2D eigenvalue weighted by atomic mass is 35.5. The second-order valence-corrected chi connectivity index (χ2v) is 10.9. The molecule has 0 radical (unpaired) electrons. The van der Waals surface area contributed by atoms with E-state index in [0.29, 0.717) is 0 Å². The van der Waals surface area contributed by atoms with Crippen LogP contribution in [-0.2, 0) is 0 Å². The Hall–Kier alpha value is -1.62. The van der Waals surface area contributed by atoms with Crippen molar-refractivity contribution in [2.24, 2.45) is 0 Å². The number of unbranched alkanes of at least 4 members (excludes halogenated alkanes) is 5. The maximum Gasteiger partial charge on any atom is 0.112 e. The number of hydrogen-bond donors (Lipinski definition) is 0. The molecule has 0 aliphatic carbocycles. The number of rotatable bonds is 10. The molecule has 0 atom stereocenters. The monoisotopic (exact) mass is 410 g/mol. The van der Waals surface area contributed by atoms with Crippen LogP contribution in [-0.4, -0.2) is 6.16 Å². The minimum absolute atomic E-state index is 0. The summed E-state index contributed by atoms with van der Waals surface area (Å²) in [6.45, 7) is 2.29. The van der Waals surface area contributed by atoms with Gasteiger partial charge in [0.15, 0.2) is 0 Å². The van der Waals surface area contributed by atoms with Gasteiger partial charge in [-0.15, -0.1) is 0 Å². The second-order valence-electron chi connectivity index (χ2n) is 7.31. The van der Waals surface area contributed by atoms with E-state index in [1.54, 1.807) is 0 Å². The number of halogens is 1. The van der Waals surface area contributed by atoms with E-state index in [0.717, 1.165) is 0 Å². The Kier molecular flexibility index (Phi) is 9.76. The topological polar surface area (TPSA) is 0 Å². The molecule has 0 N–H and O–H groups in total. The predicted molar refractivity (Wildman–Crippen MR) is 123 cm³/mol. The van der Waals surface area contributed by atoms with E-state index in [-0.39, 0.29) is 12.4 Å². The zero-order valence-electron chi connectivity index (χ0n) is 16.9. The third-order valence-electron chi connectivity index (χ3n) is 5.44. The van der Waals surface area contributed by atoms with Crippen LogP contribution >= 0.6 is 7.26 Å². The lowest BCUT2D eigenvalue weighted by Gasteiger charge is -2.27. The molecule has 0 nitrogen and oxygen atoms in total. The van der Waals surface area contributed by atoms with Crippen molar-refractivity contribution in [3.05, 3.63) is 91.0 Å². The third-order valence-corrected chi connectivity index (χ3v) is 9.96. The smallest absolute Gasteiger partial charge is 0.112 e. The summed E-state index contributed by atoms with van der Waals surface area (Å²) in [5, 5.41) is 4.53. The van der Waals surface area contributed by atoms with Crippen molar-refractivity contribution < 1.29 is 12.4 Å². The zero-order valence-corrected chi connectivity index (χ0v) is 18.6. The Morgan fingerprint density at radius 2 is 0.857 bits per heavy atom. The van der Waals surface area contributed by atoms with Crippen molar-refractivity contribution in [3.8, 4) is 0 Å². The van der Waals surface area contributed by atoms with Crippen LogP contribution in [0.1, 0.15) is 45.4 Å². The quantitative estimate of drug-likeness (QED) is 0.355. The van der Waals surface area contributed by atoms with Gasteiger partial charge < -0.3 is 12.4 Å². The first-order valence-corrected chi connectivity index (χ1v) is 12.4. The SMILES string of the molecule is CCCCCCCC[P+](c1ccccc1)(c1ccccc1)c1ccccc1.[Cl-]. The molecule has 0 saturated heterocycles. The molecule has 3 aromatic rings. The zero-order chi connectivity index (χ0) is 18.8. The van der Waals surface area contributed by atoms with Crippen LogP contribution in [0.4, 0.5) is 0 Å². The fourth-order valence-electron chi connectivity index (χ4n) is 4.01. The van der Waals surface area contributed by atoms with Gasteiger partial charge in [-0.3, -0.25) is 0 Å². The average Bonchev–Trinajstić information content (AvgIpc) is 2.75. The number of benzene rings is 3. The van der Waals surface area contributed by atoms with E-state index < -0.39 is 7.26 Å². The molecule has 0 unspecified atom stereocenters. The highest BCUT2D eigenvalue weighted by Crippen LogP contribution is 2.55. The van der Waals surface area contributed by atoms with Crippen LogP contribution in [0.15, 0.2) is 91.0 Å². The first kappa shape index (κ1) is 22.7. The summed E-state index contributed by atoms with van der Waals surface area (Å²) in [6, 6.07) is 33.8. The Morgan fingerprint density at radius 1 is 0.500 bits per heavy atom. The van der Waals surface area contributed by atoms with Crippen molar-refractivity contribution in [3.63, 3.8) is 0 Å². The van der Waals surface area contributed by atoms with E-state index >= 15 is 0 Å². The molecule has 0 amide bonds. The molecule has 0 spiro atoms. The lowest BCUT2D eigenvalue weighted by Crippen LogP contribution is -3.00. The van der Waals surface area contributed by atoms with Gasteiger partial charge in [-0.1, -0.05) is 87.2 Å². The Labute approximate surface area is 178 Å². The van der Waals surface area contributed by atoms with Crippen LogP contribution in [0.3, 0.4) is 0 Å². The molecular formula is C26H32ClP. The van der Waals surface area contributed by atoms with Gasteiger partial charge in [-0.2, -0.15) is 0 Å². The maximum absolute atomic E-state index is 2.35. The van der Waals surface area contributed by atoms with Crippen LogP contribution in [0.25, 0.3) is 0 Å². The molecule has 2 heteroatoms. The van der Waals surface area contributed by atoms with Gasteiger partial charge >= 0.3 is 0 Å².